The molecule has 0 bridgehead atoms. The van der Waals surface area contributed by atoms with Crippen molar-refractivity contribution in [2.24, 2.45) is 5.92 Å². The quantitative estimate of drug-likeness (QED) is 0.726. The van der Waals surface area contributed by atoms with Gasteiger partial charge in [0.15, 0.2) is 0 Å². The molecule has 98 valence electrons. The molecule has 0 aliphatic heterocycles. The standard InChI is InChI=1S/C13H24N2OS/c1-5-16-7-6-13-15-11(8-10(2)3)12(17-13)9-14-4/h10,14H,5-9H2,1-4H3. The lowest BCUT2D eigenvalue weighted by atomic mass is 10.1. The van der Waals surface area contributed by atoms with Crippen molar-refractivity contribution in [3.8, 4) is 0 Å². The molecule has 0 aliphatic carbocycles. The molecule has 0 aliphatic rings. The van der Waals surface area contributed by atoms with Crippen LogP contribution in [-0.2, 0) is 24.1 Å². The van der Waals surface area contributed by atoms with Crippen molar-refractivity contribution in [3.05, 3.63) is 15.6 Å². The van der Waals surface area contributed by atoms with Crippen LogP contribution >= 0.6 is 11.3 Å². The highest BCUT2D eigenvalue weighted by molar-refractivity contribution is 7.11. The summed E-state index contributed by atoms with van der Waals surface area (Å²) < 4.78 is 5.38. The van der Waals surface area contributed by atoms with Crippen LogP contribution in [0.15, 0.2) is 0 Å². The second-order valence-electron chi connectivity index (χ2n) is 4.55. The number of hydrogen-bond acceptors (Lipinski definition) is 4. The average Bonchev–Trinajstić information content (AvgIpc) is 2.61. The molecule has 1 aromatic heterocycles. The van der Waals surface area contributed by atoms with Crippen molar-refractivity contribution in [1.82, 2.24) is 10.3 Å². The van der Waals surface area contributed by atoms with E-state index in [-0.39, 0.29) is 0 Å². The Hall–Kier alpha value is -0.450. The molecule has 17 heavy (non-hydrogen) atoms. The van der Waals surface area contributed by atoms with Gasteiger partial charge in [0.05, 0.1) is 17.3 Å². The Bertz CT molecular complexity index is 323. The van der Waals surface area contributed by atoms with Gasteiger partial charge in [-0.2, -0.15) is 0 Å². The summed E-state index contributed by atoms with van der Waals surface area (Å²) in [5, 5.41) is 4.43. The van der Waals surface area contributed by atoms with Gasteiger partial charge in [0.2, 0.25) is 0 Å². The predicted octanol–water partition coefficient (Wildman–Crippen LogP) is 2.64. The summed E-state index contributed by atoms with van der Waals surface area (Å²) >= 11 is 1.82. The molecule has 0 spiro atoms. The van der Waals surface area contributed by atoms with Crippen molar-refractivity contribution in [1.29, 1.82) is 0 Å². The summed E-state index contributed by atoms with van der Waals surface area (Å²) in [4.78, 5) is 6.12. The third-order valence-corrected chi connectivity index (χ3v) is 3.58. The summed E-state index contributed by atoms with van der Waals surface area (Å²) in [6.45, 7) is 9.00. The molecular weight excluding hydrogens is 232 g/mol. The highest BCUT2D eigenvalue weighted by Crippen LogP contribution is 2.21. The smallest absolute Gasteiger partial charge is 0.0954 e. The topological polar surface area (TPSA) is 34.1 Å². The van der Waals surface area contributed by atoms with E-state index in [1.165, 1.54) is 15.6 Å². The van der Waals surface area contributed by atoms with Gasteiger partial charge in [-0.05, 0) is 26.3 Å². The van der Waals surface area contributed by atoms with E-state index < -0.39 is 0 Å². The first-order valence-corrected chi connectivity index (χ1v) is 7.18. The molecular formula is C13H24N2OS. The molecule has 4 heteroatoms. The maximum absolute atomic E-state index is 5.38. The minimum atomic E-state index is 0.660. The molecule has 1 N–H and O–H groups in total. The van der Waals surface area contributed by atoms with Crippen LogP contribution in [0.3, 0.4) is 0 Å². The maximum atomic E-state index is 5.38. The van der Waals surface area contributed by atoms with E-state index in [4.69, 9.17) is 9.72 Å². The summed E-state index contributed by atoms with van der Waals surface area (Å²) in [6, 6.07) is 0. The van der Waals surface area contributed by atoms with Gasteiger partial charge in [-0.15, -0.1) is 11.3 Å². The third-order valence-electron chi connectivity index (χ3n) is 2.43. The zero-order valence-corrected chi connectivity index (χ0v) is 12.2. The van der Waals surface area contributed by atoms with Gasteiger partial charge in [0.25, 0.3) is 0 Å². The minimum Gasteiger partial charge on any atom is -0.381 e. The van der Waals surface area contributed by atoms with Crippen LogP contribution in [0.25, 0.3) is 0 Å². The second kappa shape index (κ2) is 7.80. The zero-order chi connectivity index (χ0) is 12.7. The minimum absolute atomic E-state index is 0.660. The lowest BCUT2D eigenvalue weighted by Gasteiger charge is -2.03. The van der Waals surface area contributed by atoms with Crippen LogP contribution < -0.4 is 5.32 Å². The monoisotopic (exact) mass is 256 g/mol. The van der Waals surface area contributed by atoms with Gasteiger partial charge >= 0.3 is 0 Å². The van der Waals surface area contributed by atoms with Gasteiger partial charge in [0, 0.05) is 24.4 Å². The van der Waals surface area contributed by atoms with E-state index in [1.807, 2.05) is 25.3 Å². The van der Waals surface area contributed by atoms with Crippen LogP contribution in [0.5, 0.6) is 0 Å². The van der Waals surface area contributed by atoms with E-state index in [0.717, 1.165) is 32.6 Å². The number of nitrogens with one attached hydrogen (secondary N) is 1. The Kier molecular flexibility index (Phi) is 6.70. The molecule has 1 aromatic rings. The Morgan fingerprint density at radius 3 is 2.76 bits per heavy atom. The third kappa shape index (κ3) is 5.15. The lowest BCUT2D eigenvalue weighted by Crippen LogP contribution is -2.07. The summed E-state index contributed by atoms with van der Waals surface area (Å²) in [5.41, 5.74) is 1.27. The number of rotatable bonds is 8. The number of hydrogen-bond donors (Lipinski definition) is 1. The highest BCUT2D eigenvalue weighted by atomic mass is 32.1. The molecule has 0 saturated carbocycles. The molecule has 1 rings (SSSR count). The molecule has 0 atom stereocenters. The number of nitrogens with zero attached hydrogens (tertiary/aromatic N) is 1. The number of aromatic nitrogens is 1. The van der Waals surface area contributed by atoms with Gasteiger partial charge in [-0.3, -0.25) is 0 Å². The van der Waals surface area contributed by atoms with E-state index in [9.17, 15) is 0 Å². The summed E-state index contributed by atoms with van der Waals surface area (Å²) in [7, 11) is 1.98. The maximum Gasteiger partial charge on any atom is 0.0954 e. The Balaban J connectivity index is 2.65. The number of ether oxygens (including phenoxy) is 1. The summed E-state index contributed by atoms with van der Waals surface area (Å²) in [5.74, 6) is 0.660. The summed E-state index contributed by atoms with van der Waals surface area (Å²) in [6.07, 6.45) is 2.01. The Morgan fingerprint density at radius 1 is 1.41 bits per heavy atom. The fourth-order valence-electron chi connectivity index (χ4n) is 1.69. The fourth-order valence-corrected chi connectivity index (χ4v) is 2.78. The number of thiazole rings is 1. The van der Waals surface area contributed by atoms with E-state index in [2.05, 4.69) is 19.2 Å². The molecule has 0 amide bonds. The molecule has 0 aromatic carbocycles. The van der Waals surface area contributed by atoms with E-state index >= 15 is 0 Å². The van der Waals surface area contributed by atoms with Crippen LogP contribution in [0, 0.1) is 5.92 Å². The van der Waals surface area contributed by atoms with Crippen molar-refractivity contribution in [2.75, 3.05) is 20.3 Å². The van der Waals surface area contributed by atoms with Gasteiger partial charge < -0.3 is 10.1 Å². The lowest BCUT2D eigenvalue weighted by molar-refractivity contribution is 0.151. The van der Waals surface area contributed by atoms with Crippen molar-refractivity contribution < 1.29 is 4.74 Å². The molecule has 0 saturated heterocycles. The molecule has 1 heterocycles. The Morgan fingerprint density at radius 2 is 2.18 bits per heavy atom. The zero-order valence-electron chi connectivity index (χ0n) is 11.4. The van der Waals surface area contributed by atoms with Crippen LogP contribution in [0.1, 0.15) is 36.3 Å². The normalized spacial score (nSPS) is 11.4. The van der Waals surface area contributed by atoms with Crippen LogP contribution in [0.2, 0.25) is 0 Å². The first kappa shape index (κ1) is 14.6. The largest absolute Gasteiger partial charge is 0.381 e. The van der Waals surface area contributed by atoms with Crippen molar-refractivity contribution in [3.63, 3.8) is 0 Å². The van der Waals surface area contributed by atoms with Gasteiger partial charge in [-0.25, -0.2) is 4.98 Å². The molecule has 0 fully saturated rings. The average molecular weight is 256 g/mol. The molecule has 0 unspecified atom stereocenters. The highest BCUT2D eigenvalue weighted by Gasteiger charge is 2.11. The van der Waals surface area contributed by atoms with Crippen LogP contribution in [0.4, 0.5) is 0 Å². The second-order valence-corrected chi connectivity index (χ2v) is 5.72. The van der Waals surface area contributed by atoms with Crippen molar-refractivity contribution in [2.45, 2.75) is 40.2 Å². The van der Waals surface area contributed by atoms with Crippen molar-refractivity contribution >= 4 is 11.3 Å². The molecule has 0 radical (unpaired) electrons. The Labute approximate surface area is 109 Å². The van der Waals surface area contributed by atoms with Gasteiger partial charge in [-0.1, -0.05) is 13.8 Å². The van der Waals surface area contributed by atoms with E-state index in [1.54, 1.807) is 0 Å². The SMILES string of the molecule is CCOCCc1nc(CC(C)C)c(CNC)s1. The first-order chi connectivity index (χ1) is 8.17. The molecule has 3 nitrogen and oxygen atoms in total. The first-order valence-electron chi connectivity index (χ1n) is 6.37. The van der Waals surface area contributed by atoms with E-state index in [0.29, 0.717) is 5.92 Å². The fraction of sp³-hybridized carbons (Fsp3) is 0.769. The predicted molar refractivity (Wildman–Crippen MR) is 73.6 cm³/mol. The van der Waals surface area contributed by atoms with Crippen LogP contribution in [-0.4, -0.2) is 25.2 Å². The van der Waals surface area contributed by atoms with Gasteiger partial charge in [0.1, 0.15) is 0 Å².